The lowest BCUT2D eigenvalue weighted by Gasteiger charge is -2.15. The van der Waals surface area contributed by atoms with Crippen LogP contribution in [0.25, 0.3) is 6.08 Å². The standard InChI is InChI=1S/C15H11NO6/c1-9-8-13(18)14(15(19)22-9)12(17)7-4-10-2-5-11(6-3-10)16(20)21/h2-8,14H,1H3/b7-4-/t14-/m1/s1. The van der Waals surface area contributed by atoms with E-state index in [-0.39, 0.29) is 11.4 Å². The van der Waals surface area contributed by atoms with Crippen molar-refractivity contribution in [3.63, 3.8) is 0 Å². The van der Waals surface area contributed by atoms with Crippen LogP contribution in [0.2, 0.25) is 0 Å². The number of benzene rings is 1. The van der Waals surface area contributed by atoms with Gasteiger partial charge in [0.05, 0.1) is 4.92 Å². The van der Waals surface area contributed by atoms with Crippen molar-refractivity contribution in [2.45, 2.75) is 6.92 Å². The highest BCUT2D eigenvalue weighted by Gasteiger charge is 2.36. The summed E-state index contributed by atoms with van der Waals surface area (Å²) in [6.07, 6.45) is 3.56. The van der Waals surface area contributed by atoms with Crippen molar-refractivity contribution in [2.24, 2.45) is 5.92 Å². The van der Waals surface area contributed by atoms with Gasteiger partial charge in [0.2, 0.25) is 0 Å². The van der Waals surface area contributed by atoms with Crippen LogP contribution < -0.4 is 0 Å². The minimum atomic E-state index is -1.49. The number of ketones is 2. The minimum absolute atomic E-state index is 0.0740. The van der Waals surface area contributed by atoms with Gasteiger partial charge in [-0.1, -0.05) is 6.08 Å². The van der Waals surface area contributed by atoms with E-state index in [0.29, 0.717) is 5.56 Å². The fraction of sp³-hybridized carbons (Fsp3) is 0.133. The van der Waals surface area contributed by atoms with Crippen molar-refractivity contribution < 1.29 is 24.0 Å². The maximum atomic E-state index is 11.9. The summed E-state index contributed by atoms with van der Waals surface area (Å²) >= 11 is 0. The Labute approximate surface area is 125 Å². The molecule has 1 aliphatic rings. The number of hydrogen-bond donors (Lipinski definition) is 0. The molecule has 0 amide bonds. The molecule has 0 aromatic heterocycles. The molecule has 0 fully saturated rings. The molecule has 0 aliphatic carbocycles. The first kappa shape index (κ1) is 15.3. The quantitative estimate of drug-likeness (QED) is 0.276. The maximum absolute atomic E-state index is 11.9. The van der Waals surface area contributed by atoms with Crippen molar-refractivity contribution >= 4 is 29.3 Å². The fourth-order valence-electron chi connectivity index (χ4n) is 1.88. The van der Waals surface area contributed by atoms with Gasteiger partial charge >= 0.3 is 5.97 Å². The summed E-state index contributed by atoms with van der Waals surface area (Å²) < 4.78 is 4.76. The third-order valence-electron chi connectivity index (χ3n) is 2.96. The SMILES string of the molecule is CC1=CC(=O)[C@@H](C(=O)/C=C\c2ccc([N+](=O)[O-])cc2)C(=O)O1. The Balaban J connectivity index is 2.13. The molecule has 7 nitrogen and oxygen atoms in total. The largest absolute Gasteiger partial charge is 0.430 e. The van der Waals surface area contributed by atoms with Gasteiger partial charge in [0.15, 0.2) is 17.5 Å². The van der Waals surface area contributed by atoms with E-state index in [1.807, 2.05) is 0 Å². The lowest BCUT2D eigenvalue weighted by Crippen LogP contribution is -2.34. The fourth-order valence-corrected chi connectivity index (χ4v) is 1.88. The normalized spacial score (nSPS) is 18.0. The summed E-state index contributed by atoms with van der Waals surface area (Å²) in [5.41, 5.74) is 0.456. The molecular formula is C15H11NO6. The Morgan fingerprint density at radius 1 is 1.27 bits per heavy atom. The van der Waals surface area contributed by atoms with Crippen molar-refractivity contribution in [3.05, 3.63) is 57.9 Å². The van der Waals surface area contributed by atoms with Gasteiger partial charge in [0.1, 0.15) is 5.76 Å². The van der Waals surface area contributed by atoms with Gasteiger partial charge in [0.25, 0.3) is 5.69 Å². The van der Waals surface area contributed by atoms with Crippen LogP contribution in [0.3, 0.4) is 0 Å². The number of carbonyl (C=O) groups is 3. The van der Waals surface area contributed by atoms with Crippen LogP contribution in [0, 0.1) is 16.0 Å². The summed E-state index contributed by atoms with van der Waals surface area (Å²) in [6, 6.07) is 5.48. The zero-order valence-corrected chi connectivity index (χ0v) is 11.5. The van der Waals surface area contributed by atoms with E-state index in [1.165, 1.54) is 37.3 Å². The summed E-state index contributed by atoms with van der Waals surface area (Å²) in [5.74, 6) is -3.55. The molecule has 0 N–H and O–H groups in total. The summed E-state index contributed by atoms with van der Waals surface area (Å²) in [7, 11) is 0. The topological polar surface area (TPSA) is 104 Å². The van der Waals surface area contributed by atoms with Crippen LogP contribution >= 0.6 is 0 Å². The van der Waals surface area contributed by atoms with Crippen LogP contribution in [0.5, 0.6) is 0 Å². The number of nitro benzene ring substituents is 1. The smallest absolute Gasteiger partial charge is 0.329 e. The van der Waals surface area contributed by atoms with E-state index in [4.69, 9.17) is 4.74 Å². The number of nitro groups is 1. The van der Waals surface area contributed by atoms with Crippen molar-refractivity contribution in [2.75, 3.05) is 0 Å². The van der Waals surface area contributed by atoms with Gasteiger partial charge in [0, 0.05) is 18.2 Å². The molecule has 7 heteroatoms. The Morgan fingerprint density at radius 3 is 2.45 bits per heavy atom. The average molecular weight is 301 g/mol. The molecule has 0 bridgehead atoms. The van der Waals surface area contributed by atoms with Gasteiger partial charge in [-0.2, -0.15) is 0 Å². The van der Waals surface area contributed by atoms with Crippen molar-refractivity contribution in [1.82, 2.24) is 0 Å². The van der Waals surface area contributed by atoms with Crippen molar-refractivity contribution in [1.29, 1.82) is 0 Å². The van der Waals surface area contributed by atoms with Gasteiger partial charge in [-0.15, -0.1) is 0 Å². The molecule has 0 spiro atoms. The average Bonchev–Trinajstić information content (AvgIpc) is 2.44. The highest BCUT2D eigenvalue weighted by Crippen LogP contribution is 2.17. The molecule has 0 unspecified atom stereocenters. The van der Waals surface area contributed by atoms with E-state index in [9.17, 15) is 24.5 Å². The van der Waals surface area contributed by atoms with E-state index in [0.717, 1.165) is 12.2 Å². The molecule has 1 heterocycles. The first-order valence-electron chi connectivity index (χ1n) is 6.28. The molecule has 0 saturated heterocycles. The first-order chi connectivity index (χ1) is 10.4. The summed E-state index contributed by atoms with van der Waals surface area (Å²) in [5, 5.41) is 10.5. The Morgan fingerprint density at radius 2 is 1.91 bits per heavy atom. The molecule has 1 atom stereocenters. The van der Waals surface area contributed by atoms with Gasteiger partial charge in [-0.3, -0.25) is 24.5 Å². The highest BCUT2D eigenvalue weighted by molar-refractivity contribution is 6.25. The molecule has 0 saturated carbocycles. The third-order valence-corrected chi connectivity index (χ3v) is 2.96. The molecule has 1 aromatic carbocycles. The number of cyclic esters (lactones) is 1. The number of esters is 1. The second kappa shape index (κ2) is 6.13. The Hall–Kier alpha value is -3.09. The Bertz CT molecular complexity index is 714. The number of rotatable bonds is 4. The first-order valence-corrected chi connectivity index (χ1v) is 6.28. The number of non-ortho nitro benzene ring substituents is 1. The van der Waals surface area contributed by atoms with Gasteiger partial charge in [-0.05, 0) is 30.7 Å². The number of carbonyl (C=O) groups excluding carboxylic acids is 3. The molecule has 22 heavy (non-hydrogen) atoms. The number of nitrogens with zero attached hydrogens (tertiary/aromatic N) is 1. The molecule has 0 radical (unpaired) electrons. The van der Waals surface area contributed by atoms with Crippen molar-refractivity contribution in [3.8, 4) is 0 Å². The molecule has 2 rings (SSSR count). The lowest BCUT2D eigenvalue weighted by molar-refractivity contribution is -0.384. The van der Waals surface area contributed by atoms with E-state index < -0.39 is 28.4 Å². The van der Waals surface area contributed by atoms with E-state index in [2.05, 4.69) is 0 Å². The van der Waals surface area contributed by atoms with Crippen LogP contribution in [0.1, 0.15) is 12.5 Å². The molecule has 1 aliphatic heterocycles. The number of hydrogen-bond acceptors (Lipinski definition) is 6. The van der Waals surface area contributed by atoms with Crippen LogP contribution in [-0.4, -0.2) is 22.5 Å². The maximum Gasteiger partial charge on any atom is 0.329 e. The zero-order valence-electron chi connectivity index (χ0n) is 11.5. The zero-order chi connectivity index (χ0) is 16.3. The monoisotopic (exact) mass is 301 g/mol. The Kier molecular flexibility index (Phi) is 4.26. The molecular weight excluding hydrogens is 290 g/mol. The van der Waals surface area contributed by atoms with Crippen LogP contribution in [0.4, 0.5) is 5.69 Å². The van der Waals surface area contributed by atoms with Crippen LogP contribution in [0.15, 0.2) is 42.2 Å². The molecule has 1 aromatic rings. The minimum Gasteiger partial charge on any atom is -0.430 e. The summed E-state index contributed by atoms with van der Waals surface area (Å²) in [6.45, 7) is 1.45. The van der Waals surface area contributed by atoms with Gasteiger partial charge < -0.3 is 4.74 Å². The van der Waals surface area contributed by atoms with E-state index >= 15 is 0 Å². The van der Waals surface area contributed by atoms with Gasteiger partial charge in [-0.25, -0.2) is 0 Å². The predicted octanol–water partition coefficient (Wildman–Crippen LogP) is 1.82. The lowest BCUT2D eigenvalue weighted by atomic mass is 9.96. The number of ether oxygens (including phenoxy) is 1. The van der Waals surface area contributed by atoms with E-state index in [1.54, 1.807) is 0 Å². The predicted molar refractivity (Wildman–Crippen MR) is 75.5 cm³/mol. The molecule has 112 valence electrons. The second-order valence-electron chi connectivity index (χ2n) is 4.60. The third kappa shape index (κ3) is 3.32. The second-order valence-corrected chi connectivity index (χ2v) is 4.60. The summed E-state index contributed by atoms with van der Waals surface area (Å²) in [4.78, 5) is 45.2. The number of allylic oxidation sites excluding steroid dienone is 3. The van der Waals surface area contributed by atoms with Crippen LogP contribution in [-0.2, 0) is 19.1 Å². The highest BCUT2D eigenvalue weighted by atomic mass is 16.6.